The summed E-state index contributed by atoms with van der Waals surface area (Å²) < 4.78 is 38.5. The Labute approximate surface area is 145 Å². The van der Waals surface area contributed by atoms with Crippen molar-refractivity contribution in [1.29, 1.82) is 0 Å². The van der Waals surface area contributed by atoms with Gasteiger partial charge in [-0.2, -0.15) is 8.42 Å². The first kappa shape index (κ1) is 21.3. The van der Waals surface area contributed by atoms with Gasteiger partial charge in [-0.25, -0.2) is 0 Å². The number of carbonyl (C=O) groups excluding carboxylic acids is 3. The van der Waals surface area contributed by atoms with Crippen molar-refractivity contribution in [3.8, 4) is 0 Å². The Morgan fingerprint density at radius 1 is 1.12 bits per heavy atom. The molecule has 0 aromatic rings. The number of rotatable bonds is 6. The van der Waals surface area contributed by atoms with Gasteiger partial charge in [0.1, 0.15) is 18.2 Å². The lowest BCUT2D eigenvalue weighted by Crippen LogP contribution is -2.66. The first-order chi connectivity index (χ1) is 11.4. The molecule has 0 aromatic heterocycles. The van der Waals surface area contributed by atoms with Crippen LogP contribution in [0.4, 0.5) is 0 Å². The lowest BCUT2D eigenvalue weighted by atomic mass is 9.96. The van der Waals surface area contributed by atoms with Crippen molar-refractivity contribution < 1.29 is 41.6 Å². The monoisotopic (exact) mass is 382 g/mol. The summed E-state index contributed by atoms with van der Waals surface area (Å²) in [6, 6.07) is -1.31. The quantitative estimate of drug-likeness (QED) is 0.337. The Balaban J connectivity index is 3.20. The summed E-state index contributed by atoms with van der Waals surface area (Å²) >= 11 is 0. The maximum Gasteiger partial charge on any atom is 0.303 e. The van der Waals surface area contributed by atoms with Gasteiger partial charge in [0, 0.05) is 27.3 Å². The molecule has 0 saturated carbocycles. The number of hydrogen-bond acceptors (Lipinski definition) is 9. The van der Waals surface area contributed by atoms with E-state index in [9.17, 15) is 27.9 Å². The van der Waals surface area contributed by atoms with E-state index in [1.165, 1.54) is 6.92 Å². The molecule has 11 nitrogen and oxygen atoms in total. The van der Waals surface area contributed by atoms with Gasteiger partial charge in [-0.15, -0.1) is 0 Å². The van der Waals surface area contributed by atoms with Gasteiger partial charge in [0.25, 0.3) is 10.1 Å². The van der Waals surface area contributed by atoms with Gasteiger partial charge in [-0.1, -0.05) is 0 Å². The Bertz CT molecular complexity index is 621. The molecule has 0 bridgehead atoms. The first-order valence-electron chi connectivity index (χ1n) is 7.31. The van der Waals surface area contributed by atoms with Crippen molar-refractivity contribution in [1.82, 2.24) is 10.6 Å². The van der Waals surface area contributed by atoms with Crippen LogP contribution in [0.15, 0.2) is 0 Å². The zero-order valence-corrected chi connectivity index (χ0v) is 15.0. The third-order valence-corrected chi connectivity index (χ3v) is 3.75. The second-order valence-corrected chi connectivity index (χ2v) is 7.17. The largest absolute Gasteiger partial charge is 0.457 e. The summed E-state index contributed by atoms with van der Waals surface area (Å²) in [6.07, 6.45) is -4.74. The molecule has 1 aliphatic heterocycles. The number of amides is 2. The van der Waals surface area contributed by atoms with Gasteiger partial charge < -0.3 is 25.2 Å². The highest BCUT2D eigenvalue weighted by atomic mass is 32.2. The van der Waals surface area contributed by atoms with E-state index in [4.69, 9.17) is 13.7 Å². The van der Waals surface area contributed by atoms with Gasteiger partial charge in [0.15, 0.2) is 12.4 Å². The molecule has 12 heteroatoms. The normalized spacial score (nSPS) is 29.6. The maximum atomic E-state index is 11.6. The molecule has 1 fully saturated rings. The van der Waals surface area contributed by atoms with Crippen LogP contribution in [0.1, 0.15) is 20.8 Å². The Morgan fingerprint density at radius 2 is 1.72 bits per heavy atom. The summed E-state index contributed by atoms with van der Waals surface area (Å²) in [4.78, 5) is 33.8. The number of nitrogens with one attached hydrogen (secondary N) is 2. The third kappa shape index (κ3) is 6.94. The summed E-state index contributed by atoms with van der Waals surface area (Å²) in [6.45, 7) is 3.30. The number of carbonyl (C=O) groups is 3. The first-order valence-corrected chi connectivity index (χ1v) is 9.13. The summed E-state index contributed by atoms with van der Waals surface area (Å²) in [5, 5.41) is 14.8. The highest BCUT2D eigenvalue weighted by Crippen LogP contribution is 2.26. The van der Waals surface area contributed by atoms with Crippen molar-refractivity contribution in [2.75, 3.05) is 12.8 Å². The molecule has 144 valence electrons. The summed E-state index contributed by atoms with van der Waals surface area (Å²) in [7, 11) is -4.04. The lowest BCUT2D eigenvalue weighted by molar-refractivity contribution is -0.246. The number of ether oxygens (including phenoxy) is 2. The molecular formula is C13H22N2O9S. The van der Waals surface area contributed by atoms with E-state index in [0.29, 0.717) is 0 Å². The van der Waals surface area contributed by atoms with E-state index in [1.807, 2.05) is 0 Å². The topological polar surface area (TPSA) is 157 Å². The van der Waals surface area contributed by atoms with E-state index in [2.05, 4.69) is 10.6 Å². The van der Waals surface area contributed by atoms with E-state index < -0.39 is 58.5 Å². The van der Waals surface area contributed by atoms with Crippen LogP contribution in [0.2, 0.25) is 0 Å². The molecule has 0 aliphatic carbocycles. The SMILES string of the molecule is CC(=O)NCC1OC(O)C(NC(C)=O)C(OS(C)(=O)=O)C1OC(C)=O. The van der Waals surface area contributed by atoms with Crippen molar-refractivity contribution in [3.05, 3.63) is 0 Å². The van der Waals surface area contributed by atoms with Gasteiger partial charge in [0.05, 0.1) is 6.26 Å². The molecule has 2 amide bonds. The highest BCUT2D eigenvalue weighted by molar-refractivity contribution is 7.86. The molecule has 5 unspecified atom stereocenters. The average molecular weight is 382 g/mol. The molecular weight excluding hydrogens is 360 g/mol. The van der Waals surface area contributed by atoms with Crippen molar-refractivity contribution >= 4 is 27.9 Å². The molecule has 3 N–H and O–H groups in total. The Hall–Kier alpha value is -1.76. The predicted molar refractivity (Wildman–Crippen MR) is 82.4 cm³/mol. The summed E-state index contributed by atoms with van der Waals surface area (Å²) in [5.74, 6) is -1.76. The number of hydrogen-bond donors (Lipinski definition) is 3. The van der Waals surface area contributed by atoms with E-state index in [0.717, 1.165) is 20.1 Å². The number of aliphatic hydroxyl groups excluding tert-OH is 1. The molecule has 0 radical (unpaired) electrons. The fraction of sp³-hybridized carbons (Fsp3) is 0.769. The zero-order valence-electron chi connectivity index (χ0n) is 14.2. The van der Waals surface area contributed by atoms with Crippen LogP contribution < -0.4 is 10.6 Å². The van der Waals surface area contributed by atoms with Crippen LogP contribution in [-0.2, 0) is 38.2 Å². The van der Waals surface area contributed by atoms with Crippen LogP contribution in [0.25, 0.3) is 0 Å². The molecule has 0 aromatic carbocycles. The molecule has 1 rings (SSSR count). The predicted octanol–water partition coefficient (Wildman–Crippen LogP) is -2.38. The average Bonchev–Trinajstić information content (AvgIpc) is 2.41. The fourth-order valence-electron chi connectivity index (χ4n) is 2.37. The molecule has 1 aliphatic rings. The zero-order chi connectivity index (χ0) is 19.4. The van der Waals surface area contributed by atoms with Crippen LogP contribution in [0.3, 0.4) is 0 Å². The Kier molecular flexibility index (Phi) is 7.29. The van der Waals surface area contributed by atoms with Crippen molar-refractivity contribution in [2.24, 2.45) is 0 Å². The van der Waals surface area contributed by atoms with Crippen molar-refractivity contribution in [3.63, 3.8) is 0 Å². The summed E-state index contributed by atoms with van der Waals surface area (Å²) in [5.41, 5.74) is 0. The second-order valence-electron chi connectivity index (χ2n) is 5.57. The van der Waals surface area contributed by atoms with Crippen LogP contribution in [0, 0.1) is 0 Å². The van der Waals surface area contributed by atoms with Gasteiger partial charge in [-0.05, 0) is 0 Å². The van der Waals surface area contributed by atoms with E-state index >= 15 is 0 Å². The van der Waals surface area contributed by atoms with Crippen LogP contribution in [-0.4, -0.2) is 74.8 Å². The standard InChI is InChI=1S/C13H22N2O9S/c1-6(16)14-5-9-11(22-8(3)18)12(24-25(4,20)21)10(13(19)23-9)15-7(2)17/h9-13,19H,5H2,1-4H3,(H,14,16)(H,15,17). The van der Waals surface area contributed by atoms with Crippen molar-refractivity contribution in [2.45, 2.75) is 51.4 Å². The smallest absolute Gasteiger partial charge is 0.303 e. The molecule has 1 heterocycles. The minimum Gasteiger partial charge on any atom is -0.457 e. The van der Waals surface area contributed by atoms with Gasteiger partial charge in [-0.3, -0.25) is 18.6 Å². The van der Waals surface area contributed by atoms with E-state index in [1.54, 1.807) is 0 Å². The van der Waals surface area contributed by atoms with Gasteiger partial charge in [0.2, 0.25) is 11.8 Å². The number of aliphatic hydroxyl groups is 1. The minimum atomic E-state index is -4.04. The van der Waals surface area contributed by atoms with Crippen LogP contribution >= 0.6 is 0 Å². The lowest BCUT2D eigenvalue weighted by Gasteiger charge is -2.43. The minimum absolute atomic E-state index is 0.180. The molecule has 0 spiro atoms. The Morgan fingerprint density at radius 3 is 2.16 bits per heavy atom. The maximum absolute atomic E-state index is 11.6. The van der Waals surface area contributed by atoms with Gasteiger partial charge >= 0.3 is 5.97 Å². The van der Waals surface area contributed by atoms with Crippen LogP contribution in [0.5, 0.6) is 0 Å². The highest BCUT2D eigenvalue weighted by Gasteiger charge is 2.50. The molecule has 25 heavy (non-hydrogen) atoms. The third-order valence-electron chi connectivity index (χ3n) is 3.18. The molecule has 1 saturated heterocycles. The van der Waals surface area contributed by atoms with E-state index in [-0.39, 0.29) is 6.54 Å². The number of esters is 1. The second kappa shape index (κ2) is 8.56. The fourth-order valence-corrected chi connectivity index (χ4v) is 3.00. The molecule has 5 atom stereocenters.